The summed E-state index contributed by atoms with van der Waals surface area (Å²) in [5, 5.41) is 3.27. The van der Waals surface area contributed by atoms with E-state index in [1.54, 1.807) is 6.07 Å². The van der Waals surface area contributed by atoms with Gasteiger partial charge in [0.1, 0.15) is 5.82 Å². The number of hydrogen-bond donors (Lipinski definition) is 1. The zero-order valence-corrected chi connectivity index (χ0v) is 12.7. The zero-order valence-electron chi connectivity index (χ0n) is 12.7. The summed E-state index contributed by atoms with van der Waals surface area (Å²) in [4.78, 5) is 2.22. The van der Waals surface area contributed by atoms with Crippen LogP contribution in [0.1, 0.15) is 44.7 Å². The molecule has 1 rings (SSSR count). The highest BCUT2D eigenvalue weighted by Gasteiger charge is 2.11. The molecule has 0 aliphatic rings. The van der Waals surface area contributed by atoms with Crippen molar-refractivity contribution in [2.75, 3.05) is 13.6 Å². The number of nitrogens with zero attached hydrogens (tertiary/aromatic N) is 1. The predicted octanol–water partition coefficient (Wildman–Crippen LogP) is 3.56. The van der Waals surface area contributed by atoms with Crippen LogP contribution >= 0.6 is 0 Å². The maximum absolute atomic E-state index is 13.9. The Labute approximate surface area is 117 Å². The van der Waals surface area contributed by atoms with E-state index in [1.807, 2.05) is 12.1 Å². The molecular formula is C16H27FN2. The predicted molar refractivity (Wildman–Crippen MR) is 79.6 cm³/mol. The second-order valence-electron chi connectivity index (χ2n) is 5.26. The van der Waals surface area contributed by atoms with Crippen molar-refractivity contribution in [3.63, 3.8) is 0 Å². The highest BCUT2D eigenvalue weighted by atomic mass is 19.1. The molecular weight excluding hydrogens is 239 g/mol. The molecule has 1 unspecified atom stereocenters. The molecule has 1 aromatic carbocycles. The van der Waals surface area contributed by atoms with Gasteiger partial charge in [-0.05, 0) is 38.6 Å². The fourth-order valence-corrected chi connectivity index (χ4v) is 2.19. The molecule has 108 valence electrons. The number of halogens is 1. The second kappa shape index (κ2) is 8.28. The summed E-state index contributed by atoms with van der Waals surface area (Å²) in [6.07, 6.45) is 2.31. The van der Waals surface area contributed by atoms with Crippen LogP contribution < -0.4 is 5.32 Å². The topological polar surface area (TPSA) is 15.3 Å². The Bertz CT molecular complexity index is 379. The summed E-state index contributed by atoms with van der Waals surface area (Å²) in [6.45, 7) is 8.86. The van der Waals surface area contributed by atoms with E-state index in [0.717, 1.165) is 37.1 Å². The van der Waals surface area contributed by atoms with Crippen molar-refractivity contribution in [3.05, 3.63) is 35.1 Å². The molecule has 1 N–H and O–H groups in total. The van der Waals surface area contributed by atoms with Gasteiger partial charge in [0.15, 0.2) is 0 Å². The minimum Gasteiger partial charge on any atom is -0.313 e. The molecule has 0 fully saturated rings. The third-order valence-corrected chi connectivity index (χ3v) is 3.57. The third kappa shape index (κ3) is 5.29. The lowest BCUT2D eigenvalue weighted by Gasteiger charge is -2.24. The number of nitrogens with one attached hydrogen (secondary N) is 1. The van der Waals surface area contributed by atoms with E-state index in [-0.39, 0.29) is 5.82 Å². The van der Waals surface area contributed by atoms with Crippen molar-refractivity contribution in [2.24, 2.45) is 0 Å². The van der Waals surface area contributed by atoms with Crippen LogP contribution in [0.2, 0.25) is 0 Å². The molecule has 0 bridgehead atoms. The summed E-state index contributed by atoms with van der Waals surface area (Å²) in [6, 6.07) is 5.91. The fraction of sp³-hybridized carbons (Fsp3) is 0.625. The van der Waals surface area contributed by atoms with Crippen molar-refractivity contribution >= 4 is 0 Å². The van der Waals surface area contributed by atoms with Gasteiger partial charge in [-0.3, -0.25) is 4.90 Å². The molecule has 0 radical (unpaired) electrons. The first-order chi connectivity index (χ1) is 9.08. The molecule has 1 aromatic rings. The van der Waals surface area contributed by atoms with Gasteiger partial charge in [-0.15, -0.1) is 0 Å². The summed E-state index contributed by atoms with van der Waals surface area (Å²) < 4.78 is 13.9. The molecule has 0 amide bonds. The minimum atomic E-state index is -0.101. The highest BCUT2D eigenvalue weighted by molar-refractivity contribution is 5.25. The molecule has 3 heteroatoms. The molecule has 19 heavy (non-hydrogen) atoms. The van der Waals surface area contributed by atoms with Crippen LogP contribution in [0.15, 0.2) is 18.2 Å². The van der Waals surface area contributed by atoms with E-state index in [2.05, 4.69) is 38.0 Å². The number of benzene rings is 1. The van der Waals surface area contributed by atoms with Crippen LogP contribution in [-0.2, 0) is 13.1 Å². The first kappa shape index (κ1) is 16.1. The fourth-order valence-electron chi connectivity index (χ4n) is 2.19. The third-order valence-electron chi connectivity index (χ3n) is 3.57. The lowest BCUT2D eigenvalue weighted by Crippen LogP contribution is -2.28. The van der Waals surface area contributed by atoms with Crippen molar-refractivity contribution in [1.82, 2.24) is 10.2 Å². The van der Waals surface area contributed by atoms with Gasteiger partial charge in [-0.1, -0.05) is 32.4 Å². The largest absolute Gasteiger partial charge is 0.313 e. The van der Waals surface area contributed by atoms with Crippen molar-refractivity contribution in [3.8, 4) is 0 Å². The number of rotatable bonds is 8. The smallest absolute Gasteiger partial charge is 0.127 e. The highest BCUT2D eigenvalue weighted by Crippen LogP contribution is 2.15. The quantitative estimate of drug-likeness (QED) is 0.774. The van der Waals surface area contributed by atoms with E-state index in [4.69, 9.17) is 0 Å². The van der Waals surface area contributed by atoms with Crippen molar-refractivity contribution in [2.45, 2.75) is 52.7 Å². The first-order valence-electron chi connectivity index (χ1n) is 7.26. The summed E-state index contributed by atoms with van der Waals surface area (Å²) in [7, 11) is 2.07. The monoisotopic (exact) mass is 266 g/mol. The molecule has 0 aliphatic heterocycles. The Morgan fingerprint density at radius 2 is 2.05 bits per heavy atom. The molecule has 0 spiro atoms. The van der Waals surface area contributed by atoms with Gasteiger partial charge in [0.05, 0.1) is 0 Å². The molecule has 0 heterocycles. The van der Waals surface area contributed by atoms with Crippen LogP contribution in [-0.4, -0.2) is 24.5 Å². The van der Waals surface area contributed by atoms with Crippen molar-refractivity contribution < 1.29 is 4.39 Å². The summed E-state index contributed by atoms with van der Waals surface area (Å²) in [5.41, 5.74) is 1.94. The Morgan fingerprint density at radius 3 is 2.68 bits per heavy atom. The van der Waals surface area contributed by atoms with E-state index in [0.29, 0.717) is 12.6 Å². The van der Waals surface area contributed by atoms with E-state index >= 15 is 0 Å². The average Bonchev–Trinajstić information content (AvgIpc) is 2.39. The van der Waals surface area contributed by atoms with Gasteiger partial charge in [0.25, 0.3) is 0 Å². The minimum absolute atomic E-state index is 0.101. The second-order valence-corrected chi connectivity index (χ2v) is 5.26. The van der Waals surface area contributed by atoms with Gasteiger partial charge in [0.2, 0.25) is 0 Å². The Morgan fingerprint density at radius 1 is 1.32 bits per heavy atom. The van der Waals surface area contributed by atoms with Gasteiger partial charge in [-0.25, -0.2) is 4.39 Å². The number of hydrogen-bond acceptors (Lipinski definition) is 2. The van der Waals surface area contributed by atoms with Crippen molar-refractivity contribution in [1.29, 1.82) is 0 Å². The Balaban J connectivity index is 2.70. The Kier molecular flexibility index (Phi) is 7.03. The van der Waals surface area contributed by atoms with Crippen LogP contribution in [0.5, 0.6) is 0 Å². The molecule has 0 aliphatic carbocycles. The SMILES string of the molecule is CCCC(C)N(C)Cc1cc(CNCC)ccc1F. The molecule has 2 nitrogen and oxygen atoms in total. The van der Waals surface area contributed by atoms with E-state index in [9.17, 15) is 4.39 Å². The lowest BCUT2D eigenvalue weighted by atomic mass is 10.1. The van der Waals surface area contributed by atoms with Crippen LogP contribution in [0.3, 0.4) is 0 Å². The van der Waals surface area contributed by atoms with E-state index in [1.165, 1.54) is 0 Å². The first-order valence-corrected chi connectivity index (χ1v) is 7.26. The normalized spacial score (nSPS) is 12.9. The maximum atomic E-state index is 13.9. The lowest BCUT2D eigenvalue weighted by molar-refractivity contribution is 0.234. The van der Waals surface area contributed by atoms with Crippen LogP contribution in [0.25, 0.3) is 0 Å². The maximum Gasteiger partial charge on any atom is 0.127 e. The molecule has 1 atom stereocenters. The Hall–Kier alpha value is -0.930. The standard InChI is InChI=1S/C16H27FN2/c1-5-7-13(3)19(4)12-15-10-14(11-18-6-2)8-9-16(15)17/h8-10,13,18H,5-7,11-12H2,1-4H3. The summed E-state index contributed by atoms with van der Waals surface area (Å²) in [5.74, 6) is -0.101. The van der Waals surface area contributed by atoms with Gasteiger partial charge in [0, 0.05) is 24.7 Å². The summed E-state index contributed by atoms with van der Waals surface area (Å²) >= 11 is 0. The van der Waals surface area contributed by atoms with Crippen LogP contribution in [0.4, 0.5) is 4.39 Å². The van der Waals surface area contributed by atoms with Gasteiger partial charge in [-0.2, -0.15) is 0 Å². The molecule has 0 saturated heterocycles. The van der Waals surface area contributed by atoms with Crippen LogP contribution in [0, 0.1) is 5.82 Å². The molecule has 0 aromatic heterocycles. The van der Waals surface area contributed by atoms with E-state index < -0.39 is 0 Å². The average molecular weight is 266 g/mol. The zero-order chi connectivity index (χ0) is 14.3. The van der Waals surface area contributed by atoms with Gasteiger partial charge < -0.3 is 5.32 Å². The van der Waals surface area contributed by atoms with Gasteiger partial charge >= 0.3 is 0 Å². The molecule has 0 saturated carbocycles.